The molecule has 0 N–H and O–H groups in total. The van der Waals surface area contributed by atoms with E-state index in [-0.39, 0.29) is 23.0 Å². The van der Waals surface area contributed by atoms with E-state index in [9.17, 15) is 4.79 Å². The normalized spacial score (nSPS) is 13.9. The largest absolute Gasteiger partial charge is 1.00 e. The second-order valence-corrected chi connectivity index (χ2v) is 6.98. The molecule has 0 amide bonds. The van der Waals surface area contributed by atoms with Crippen molar-refractivity contribution in [3.63, 3.8) is 0 Å². The highest BCUT2D eigenvalue weighted by molar-refractivity contribution is 5.87. The predicted octanol–water partition coefficient (Wildman–Crippen LogP) is 0.894. The summed E-state index contributed by atoms with van der Waals surface area (Å²) >= 11 is 0. The van der Waals surface area contributed by atoms with Crippen LogP contribution in [-0.2, 0) is 14.3 Å². The van der Waals surface area contributed by atoms with Gasteiger partial charge in [0.05, 0.1) is 33.9 Å². The zero-order valence-corrected chi connectivity index (χ0v) is 18.6. The number of carbonyl (C=O) groups is 1. The van der Waals surface area contributed by atoms with Gasteiger partial charge in [0.2, 0.25) is 0 Å². The molecule has 1 unspecified atom stereocenters. The van der Waals surface area contributed by atoms with Crippen LogP contribution in [0.15, 0.2) is 35.5 Å². The molecule has 0 fully saturated rings. The monoisotopic (exact) mass is 417 g/mol. The zero-order chi connectivity index (χ0) is 18.8. The van der Waals surface area contributed by atoms with Crippen molar-refractivity contribution in [2.24, 2.45) is 0 Å². The number of hydrogen-bond acceptors (Lipinski definition) is 3. The molecular weight excluding hydrogens is 382 g/mol. The average Bonchev–Trinajstić information content (AvgIpc) is 2.50. The third-order valence-corrected chi connectivity index (χ3v) is 4.29. The predicted molar refractivity (Wildman–Crippen MR) is 101 cm³/mol. The summed E-state index contributed by atoms with van der Waals surface area (Å²) in [6.07, 6.45) is 6.14. The smallest absolute Gasteiger partial charge is 0.333 e. The minimum atomic E-state index is -0.234. The Morgan fingerprint density at radius 3 is 2.28 bits per heavy atom. The van der Waals surface area contributed by atoms with Gasteiger partial charge in [0, 0.05) is 19.1 Å². The molecule has 0 rings (SSSR count). The molecule has 0 aliphatic rings. The van der Waals surface area contributed by atoms with Gasteiger partial charge < -0.3 is 30.9 Å². The molecule has 0 aromatic rings. The molecule has 5 heteroatoms. The number of carbonyl (C=O) groups excluding carboxylic acids is 1. The van der Waals surface area contributed by atoms with Crippen molar-refractivity contribution in [2.45, 2.75) is 46.6 Å². The quantitative estimate of drug-likeness (QED) is 0.217. The number of halogens is 1. The van der Waals surface area contributed by atoms with Gasteiger partial charge in [-0.1, -0.05) is 18.2 Å². The maximum Gasteiger partial charge on any atom is 0.333 e. The molecule has 1 atom stereocenters. The van der Waals surface area contributed by atoms with Gasteiger partial charge in [0.1, 0.15) is 6.04 Å². The third-order valence-electron chi connectivity index (χ3n) is 4.29. The first-order valence-electron chi connectivity index (χ1n) is 8.62. The Hall–Kier alpha value is -0.910. The van der Waals surface area contributed by atoms with Crippen molar-refractivity contribution in [3.05, 3.63) is 35.5 Å². The topological polar surface area (TPSA) is 35.5 Å². The van der Waals surface area contributed by atoms with Crippen LogP contribution in [0.2, 0.25) is 0 Å². The van der Waals surface area contributed by atoms with Crippen LogP contribution in [0.5, 0.6) is 0 Å². The first-order valence-corrected chi connectivity index (χ1v) is 8.62. The van der Waals surface area contributed by atoms with E-state index in [1.165, 1.54) is 11.1 Å². The second kappa shape index (κ2) is 13.3. The molecular formula is C20H36BrNO3. The number of ether oxygens (including phenoxy) is 2. The summed E-state index contributed by atoms with van der Waals surface area (Å²) in [7, 11) is 6.07. The minimum absolute atomic E-state index is 0. The molecule has 0 aliphatic heterocycles. The molecule has 0 aromatic carbocycles. The van der Waals surface area contributed by atoms with E-state index >= 15 is 0 Å². The molecule has 0 aromatic heterocycles. The molecule has 0 aliphatic carbocycles. The van der Waals surface area contributed by atoms with Gasteiger partial charge >= 0.3 is 5.97 Å². The summed E-state index contributed by atoms with van der Waals surface area (Å²) in [5.41, 5.74) is 3.17. The van der Waals surface area contributed by atoms with Crippen LogP contribution in [0.25, 0.3) is 0 Å². The second-order valence-electron chi connectivity index (χ2n) is 6.98. The number of rotatable bonds is 11. The van der Waals surface area contributed by atoms with Crippen molar-refractivity contribution < 1.29 is 35.7 Å². The summed E-state index contributed by atoms with van der Waals surface area (Å²) in [6, 6.07) is 0.335. The average molecular weight is 418 g/mol. The van der Waals surface area contributed by atoms with E-state index in [0.717, 1.165) is 23.9 Å². The molecule has 0 spiro atoms. The highest BCUT2D eigenvalue weighted by atomic mass is 79.9. The Morgan fingerprint density at radius 1 is 1.20 bits per heavy atom. The summed E-state index contributed by atoms with van der Waals surface area (Å²) in [4.78, 5) is 11.7. The molecule has 146 valence electrons. The van der Waals surface area contributed by atoms with Gasteiger partial charge in [-0.3, -0.25) is 0 Å². The van der Waals surface area contributed by atoms with Crippen LogP contribution in [0.1, 0.15) is 40.5 Å². The Kier molecular flexibility index (Phi) is 14.0. The number of allylic oxidation sites excluding steroid dienone is 1. The fraction of sp³-hybridized carbons (Fsp3) is 0.650. The lowest BCUT2D eigenvalue weighted by molar-refractivity contribution is -0.904. The number of hydrogen-bond donors (Lipinski definition) is 0. The van der Waals surface area contributed by atoms with Crippen molar-refractivity contribution in [1.29, 1.82) is 0 Å². The standard InChI is InChI=1S/C20H36NO3.BrH/c1-9-24-20(22)18(5)12-14-21(6,7)19(16(2)3)11-10-17(4)13-15-23-8;/h12-13,19H,2,9-11,14-15H2,1,3-8H3;1H/q+1;/p-1/b17-13-,18-12+;. The lowest BCUT2D eigenvalue weighted by Gasteiger charge is -2.38. The van der Waals surface area contributed by atoms with E-state index in [1.54, 1.807) is 7.11 Å². The van der Waals surface area contributed by atoms with Crippen LogP contribution in [0, 0.1) is 0 Å². The van der Waals surface area contributed by atoms with Gasteiger partial charge in [-0.25, -0.2) is 4.79 Å². The van der Waals surface area contributed by atoms with Crippen LogP contribution >= 0.6 is 0 Å². The van der Waals surface area contributed by atoms with Crippen LogP contribution in [-0.4, -0.2) is 57.5 Å². The minimum Gasteiger partial charge on any atom is -1.00 e. The SMILES string of the molecule is C=C(C)C(CC/C(C)=C\COC)[N+](C)(C)C/C=C(\C)C(=O)OCC.[Br-]. The molecule has 4 nitrogen and oxygen atoms in total. The zero-order valence-electron chi connectivity index (χ0n) is 17.0. The lowest BCUT2D eigenvalue weighted by Crippen LogP contribution is -3.00. The molecule has 25 heavy (non-hydrogen) atoms. The van der Waals surface area contributed by atoms with E-state index in [1.807, 2.05) is 19.9 Å². The summed E-state index contributed by atoms with van der Waals surface area (Å²) in [5, 5.41) is 0. The first kappa shape index (κ1) is 26.3. The highest BCUT2D eigenvalue weighted by Crippen LogP contribution is 2.22. The Balaban J connectivity index is 0. The van der Waals surface area contributed by atoms with E-state index in [4.69, 9.17) is 9.47 Å². The fourth-order valence-electron chi connectivity index (χ4n) is 2.71. The third kappa shape index (κ3) is 10.6. The number of likely N-dealkylation sites (N-methyl/N-ethyl adjacent to an activating group) is 1. The van der Waals surface area contributed by atoms with Crippen LogP contribution in [0.4, 0.5) is 0 Å². The number of quaternary nitrogens is 1. The van der Waals surface area contributed by atoms with E-state index in [0.29, 0.717) is 24.8 Å². The van der Waals surface area contributed by atoms with Gasteiger partial charge in [0.25, 0.3) is 0 Å². The van der Waals surface area contributed by atoms with Crippen molar-refractivity contribution >= 4 is 5.97 Å². The highest BCUT2D eigenvalue weighted by Gasteiger charge is 2.28. The summed E-state index contributed by atoms with van der Waals surface area (Å²) in [6.45, 7) is 13.9. The summed E-state index contributed by atoms with van der Waals surface area (Å²) in [5.74, 6) is -0.234. The maximum absolute atomic E-state index is 11.7. The summed E-state index contributed by atoms with van der Waals surface area (Å²) < 4.78 is 10.9. The molecule has 0 bridgehead atoms. The van der Waals surface area contributed by atoms with Gasteiger partial charge in [-0.05, 0) is 45.8 Å². The number of esters is 1. The van der Waals surface area contributed by atoms with Gasteiger partial charge in [-0.15, -0.1) is 0 Å². The fourth-order valence-corrected chi connectivity index (χ4v) is 2.71. The Labute approximate surface area is 164 Å². The first-order chi connectivity index (χ1) is 11.2. The van der Waals surface area contributed by atoms with Gasteiger partial charge in [0.15, 0.2) is 0 Å². The number of methoxy groups -OCH3 is 1. The Bertz CT molecular complexity index is 481. The number of nitrogens with zero attached hydrogens (tertiary/aromatic N) is 1. The van der Waals surface area contributed by atoms with E-state index < -0.39 is 0 Å². The maximum atomic E-state index is 11.7. The molecule has 0 saturated carbocycles. The van der Waals surface area contributed by atoms with Gasteiger partial charge in [-0.2, -0.15) is 0 Å². The van der Waals surface area contributed by atoms with Crippen LogP contribution < -0.4 is 17.0 Å². The molecule has 0 saturated heterocycles. The molecule has 0 heterocycles. The Morgan fingerprint density at radius 2 is 1.80 bits per heavy atom. The van der Waals surface area contributed by atoms with Crippen molar-refractivity contribution in [1.82, 2.24) is 0 Å². The lowest BCUT2D eigenvalue weighted by atomic mass is 9.98. The molecule has 0 radical (unpaired) electrons. The van der Waals surface area contributed by atoms with E-state index in [2.05, 4.69) is 40.6 Å². The van der Waals surface area contributed by atoms with Crippen LogP contribution in [0.3, 0.4) is 0 Å². The van der Waals surface area contributed by atoms with Crippen molar-refractivity contribution in [2.75, 3.05) is 41.0 Å². The van der Waals surface area contributed by atoms with Crippen molar-refractivity contribution in [3.8, 4) is 0 Å².